The Balaban J connectivity index is 2.17. The average molecular weight is 263 g/mol. The van der Waals surface area contributed by atoms with Crippen LogP contribution in [0.1, 0.15) is 25.7 Å². The Morgan fingerprint density at radius 2 is 1.95 bits per heavy atom. The van der Waals surface area contributed by atoms with Gasteiger partial charge >= 0.3 is 5.97 Å². The highest BCUT2D eigenvalue weighted by atomic mass is 16.5. The molecule has 2 rings (SSSR count). The molecule has 0 bridgehead atoms. The molecule has 1 aliphatic carbocycles. The van der Waals surface area contributed by atoms with Crippen molar-refractivity contribution < 1.29 is 14.3 Å². The van der Waals surface area contributed by atoms with E-state index in [1.807, 2.05) is 24.3 Å². The lowest BCUT2D eigenvalue weighted by atomic mass is 9.98. The van der Waals surface area contributed by atoms with Gasteiger partial charge in [-0.25, -0.2) is 4.79 Å². The second kappa shape index (κ2) is 6.45. The standard InChI is InChI=1S/C15H21NO3/c1-18-13-10-6-5-9-12(13)16-14(15(17)19-2)11-7-3-4-8-11/h5-6,9-11,14,16H,3-4,7-8H2,1-2H3. The van der Waals surface area contributed by atoms with Gasteiger partial charge in [-0.15, -0.1) is 0 Å². The molecule has 0 aliphatic heterocycles. The van der Waals surface area contributed by atoms with E-state index in [-0.39, 0.29) is 12.0 Å². The Kier molecular flexibility index (Phi) is 4.66. The van der Waals surface area contributed by atoms with Crippen LogP contribution in [0, 0.1) is 5.92 Å². The van der Waals surface area contributed by atoms with Crippen LogP contribution in [-0.4, -0.2) is 26.2 Å². The maximum Gasteiger partial charge on any atom is 0.328 e. The molecule has 1 fully saturated rings. The van der Waals surface area contributed by atoms with Gasteiger partial charge in [0.2, 0.25) is 0 Å². The molecule has 1 atom stereocenters. The molecule has 0 aromatic heterocycles. The maximum atomic E-state index is 12.0. The van der Waals surface area contributed by atoms with E-state index >= 15 is 0 Å². The lowest BCUT2D eigenvalue weighted by Crippen LogP contribution is -2.37. The summed E-state index contributed by atoms with van der Waals surface area (Å²) in [5.74, 6) is 0.893. The van der Waals surface area contributed by atoms with Crippen molar-refractivity contribution in [2.75, 3.05) is 19.5 Å². The molecule has 0 saturated heterocycles. The molecule has 1 aliphatic rings. The van der Waals surface area contributed by atoms with E-state index < -0.39 is 0 Å². The number of benzene rings is 1. The summed E-state index contributed by atoms with van der Waals surface area (Å²) in [5.41, 5.74) is 0.840. The van der Waals surface area contributed by atoms with Crippen molar-refractivity contribution in [1.82, 2.24) is 0 Å². The number of ether oxygens (including phenoxy) is 2. The monoisotopic (exact) mass is 263 g/mol. The number of nitrogens with one attached hydrogen (secondary N) is 1. The predicted molar refractivity (Wildman–Crippen MR) is 74.4 cm³/mol. The first-order valence-corrected chi connectivity index (χ1v) is 6.73. The van der Waals surface area contributed by atoms with Gasteiger partial charge in [-0.2, -0.15) is 0 Å². The third-order valence-electron chi connectivity index (χ3n) is 3.74. The Bertz CT molecular complexity index is 427. The summed E-state index contributed by atoms with van der Waals surface area (Å²) >= 11 is 0. The van der Waals surface area contributed by atoms with Gasteiger partial charge in [-0.1, -0.05) is 25.0 Å². The fourth-order valence-electron chi connectivity index (χ4n) is 2.72. The minimum atomic E-state index is -0.288. The summed E-state index contributed by atoms with van der Waals surface area (Å²) in [4.78, 5) is 12.0. The highest BCUT2D eigenvalue weighted by Crippen LogP contribution is 2.32. The number of methoxy groups -OCH3 is 2. The number of hydrogen-bond acceptors (Lipinski definition) is 4. The summed E-state index contributed by atoms with van der Waals surface area (Å²) in [6.07, 6.45) is 4.52. The van der Waals surface area contributed by atoms with E-state index in [4.69, 9.17) is 9.47 Å². The molecule has 1 saturated carbocycles. The lowest BCUT2D eigenvalue weighted by molar-refractivity contribution is -0.142. The first kappa shape index (κ1) is 13.7. The van der Waals surface area contributed by atoms with Crippen molar-refractivity contribution in [3.8, 4) is 5.75 Å². The minimum Gasteiger partial charge on any atom is -0.495 e. The maximum absolute atomic E-state index is 12.0. The molecule has 0 radical (unpaired) electrons. The topological polar surface area (TPSA) is 47.6 Å². The highest BCUT2D eigenvalue weighted by Gasteiger charge is 2.31. The first-order chi connectivity index (χ1) is 9.26. The summed E-state index contributed by atoms with van der Waals surface area (Å²) in [7, 11) is 3.07. The predicted octanol–water partition coefficient (Wildman–Crippen LogP) is 2.84. The van der Waals surface area contributed by atoms with Crippen LogP contribution in [0.2, 0.25) is 0 Å². The van der Waals surface area contributed by atoms with Crippen LogP contribution in [0.25, 0.3) is 0 Å². The van der Waals surface area contributed by atoms with Crippen LogP contribution >= 0.6 is 0 Å². The number of anilines is 1. The second-order valence-corrected chi connectivity index (χ2v) is 4.89. The van der Waals surface area contributed by atoms with E-state index in [1.165, 1.54) is 20.0 Å². The number of carbonyl (C=O) groups excluding carboxylic acids is 1. The number of hydrogen-bond donors (Lipinski definition) is 1. The van der Waals surface area contributed by atoms with Crippen LogP contribution < -0.4 is 10.1 Å². The molecule has 4 nitrogen and oxygen atoms in total. The quantitative estimate of drug-likeness (QED) is 0.830. The fraction of sp³-hybridized carbons (Fsp3) is 0.533. The molecule has 0 spiro atoms. The molecule has 1 aromatic carbocycles. The number of carbonyl (C=O) groups is 1. The van der Waals surface area contributed by atoms with Crippen LogP contribution in [0.4, 0.5) is 5.69 Å². The van der Waals surface area contributed by atoms with Gasteiger partial charge in [0.05, 0.1) is 19.9 Å². The molecular weight excluding hydrogens is 242 g/mol. The zero-order valence-electron chi connectivity index (χ0n) is 11.5. The van der Waals surface area contributed by atoms with Crippen LogP contribution in [0.15, 0.2) is 24.3 Å². The molecule has 19 heavy (non-hydrogen) atoms. The van der Waals surface area contributed by atoms with Gasteiger partial charge in [-0.3, -0.25) is 0 Å². The third kappa shape index (κ3) is 3.19. The third-order valence-corrected chi connectivity index (χ3v) is 3.74. The molecule has 0 heterocycles. The average Bonchev–Trinajstić information content (AvgIpc) is 2.98. The number of rotatable bonds is 5. The normalized spacial score (nSPS) is 16.9. The van der Waals surface area contributed by atoms with E-state index in [0.29, 0.717) is 5.92 Å². The van der Waals surface area contributed by atoms with Crippen LogP contribution in [-0.2, 0) is 9.53 Å². The van der Waals surface area contributed by atoms with Crippen LogP contribution in [0.3, 0.4) is 0 Å². The van der Waals surface area contributed by atoms with Crippen molar-refractivity contribution in [3.05, 3.63) is 24.3 Å². The number of para-hydroxylation sites is 2. The molecule has 1 aromatic rings. The zero-order chi connectivity index (χ0) is 13.7. The van der Waals surface area contributed by atoms with Crippen LogP contribution in [0.5, 0.6) is 5.75 Å². The van der Waals surface area contributed by atoms with E-state index in [2.05, 4.69) is 5.32 Å². The van der Waals surface area contributed by atoms with Crippen molar-refractivity contribution in [2.24, 2.45) is 5.92 Å². The molecule has 1 N–H and O–H groups in total. The first-order valence-electron chi connectivity index (χ1n) is 6.73. The minimum absolute atomic E-state index is 0.196. The van der Waals surface area contributed by atoms with Crippen molar-refractivity contribution >= 4 is 11.7 Å². The second-order valence-electron chi connectivity index (χ2n) is 4.89. The Hall–Kier alpha value is -1.71. The smallest absolute Gasteiger partial charge is 0.328 e. The molecule has 0 amide bonds. The van der Waals surface area contributed by atoms with Crippen molar-refractivity contribution in [1.29, 1.82) is 0 Å². The SMILES string of the molecule is COC(=O)C(Nc1ccccc1OC)C1CCCC1. The van der Waals surface area contributed by atoms with Gasteiger partial charge in [0.25, 0.3) is 0 Å². The summed E-state index contributed by atoms with van der Waals surface area (Å²) in [5, 5.41) is 3.29. The van der Waals surface area contributed by atoms with E-state index in [9.17, 15) is 4.79 Å². The van der Waals surface area contributed by atoms with Crippen molar-refractivity contribution in [2.45, 2.75) is 31.7 Å². The molecular formula is C15H21NO3. The van der Waals surface area contributed by atoms with Gasteiger partial charge in [0.1, 0.15) is 11.8 Å². The Morgan fingerprint density at radius 1 is 1.26 bits per heavy atom. The summed E-state index contributed by atoms with van der Waals surface area (Å²) < 4.78 is 10.2. The van der Waals surface area contributed by atoms with E-state index in [0.717, 1.165) is 24.3 Å². The van der Waals surface area contributed by atoms with E-state index in [1.54, 1.807) is 7.11 Å². The molecule has 4 heteroatoms. The number of esters is 1. The van der Waals surface area contributed by atoms with Crippen molar-refractivity contribution in [3.63, 3.8) is 0 Å². The fourth-order valence-corrected chi connectivity index (χ4v) is 2.72. The summed E-state index contributed by atoms with van der Waals surface area (Å²) in [6, 6.07) is 7.35. The zero-order valence-corrected chi connectivity index (χ0v) is 11.5. The van der Waals surface area contributed by atoms with Gasteiger partial charge in [0, 0.05) is 0 Å². The Morgan fingerprint density at radius 3 is 2.58 bits per heavy atom. The van der Waals surface area contributed by atoms with Gasteiger partial charge in [-0.05, 0) is 30.9 Å². The lowest BCUT2D eigenvalue weighted by Gasteiger charge is -2.24. The molecule has 104 valence electrons. The summed E-state index contributed by atoms with van der Waals surface area (Å²) in [6.45, 7) is 0. The largest absolute Gasteiger partial charge is 0.495 e. The Labute approximate surface area is 114 Å². The highest BCUT2D eigenvalue weighted by molar-refractivity contribution is 5.80. The molecule has 1 unspecified atom stereocenters. The van der Waals surface area contributed by atoms with Gasteiger partial charge in [0.15, 0.2) is 0 Å². The van der Waals surface area contributed by atoms with Gasteiger partial charge < -0.3 is 14.8 Å².